The van der Waals surface area contributed by atoms with Crippen LogP contribution in [0.25, 0.3) is 0 Å². The molecule has 6 nitrogen and oxygen atoms in total. The minimum absolute atomic E-state index is 0.281. The number of nitrogens with one attached hydrogen (secondary N) is 1. The highest BCUT2D eigenvalue weighted by molar-refractivity contribution is 6.31. The summed E-state index contributed by atoms with van der Waals surface area (Å²) in [7, 11) is 1.73. The predicted molar refractivity (Wildman–Crippen MR) is 82.7 cm³/mol. The summed E-state index contributed by atoms with van der Waals surface area (Å²) in [4.78, 5) is 22.7. The van der Waals surface area contributed by atoms with Gasteiger partial charge in [-0.1, -0.05) is 11.6 Å². The number of carboxylic acid groups (broad SMARTS) is 1. The maximum Gasteiger partial charge on any atom is 0.341 e. The number of rotatable bonds is 5. The number of nitrogens with zero attached hydrogens (tertiary/aromatic N) is 1. The van der Waals surface area contributed by atoms with Gasteiger partial charge in [-0.25, -0.2) is 4.79 Å². The third-order valence-corrected chi connectivity index (χ3v) is 3.22. The average Bonchev–Trinajstić information content (AvgIpc) is 2.78. The Morgan fingerprint density at radius 3 is 2.64 bits per heavy atom. The number of amides is 1. The molecule has 2 aromatic rings. The fraction of sp³-hybridized carbons (Fsp3) is 0.200. The first-order valence-corrected chi connectivity index (χ1v) is 6.83. The molecule has 1 aromatic carbocycles. The maximum atomic E-state index is 12.2. The highest BCUT2D eigenvalue weighted by atomic mass is 35.5. The number of halogens is 1. The molecule has 22 heavy (non-hydrogen) atoms. The van der Waals surface area contributed by atoms with E-state index in [9.17, 15) is 9.59 Å². The highest BCUT2D eigenvalue weighted by Crippen LogP contribution is 2.22. The standard InChI is InChI=1S/C15H15ClN2O4/c1-9-5-11(22-8-14(19)20)3-4-12(9)17-15(21)13-6-10(16)7-18(13)2/h3-7H,8H2,1-2H3,(H,17,21)(H,19,20). The molecular weight excluding hydrogens is 308 g/mol. The molecule has 0 saturated carbocycles. The smallest absolute Gasteiger partial charge is 0.341 e. The van der Waals surface area contributed by atoms with Crippen molar-refractivity contribution in [2.75, 3.05) is 11.9 Å². The lowest BCUT2D eigenvalue weighted by Gasteiger charge is -2.11. The third-order valence-electron chi connectivity index (χ3n) is 3.01. The molecule has 0 saturated heterocycles. The van der Waals surface area contributed by atoms with Gasteiger partial charge in [-0.05, 0) is 36.8 Å². The van der Waals surface area contributed by atoms with Crippen molar-refractivity contribution in [2.45, 2.75) is 6.92 Å². The molecule has 0 atom stereocenters. The van der Waals surface area contributed by atoms with Crippen LogP contribution in [0, 0.1) is 6.92 Å². The first kappa shape index (κ1) is 15.9. The van der Waals surface area contributed by atoms with E-state index in [1.54, 1.807) is 49.0 Å². The first-order valence-electron chi connectivity index (χ1n) is 6.45. The van der Waals surface area contributed by atoms with Crippen molar-refractivity contribution in [3.8, 4) is 5.75 Å². The molecule has 0 fully saturated rings. The third kappa shape index (κ3) is 3.79. The zero-order chi connectivity index (χ0) is 16.3. The van der Waals surface area contributed by atoms with Gasteiger partial charge in [0.1, 0.15) is 11.4 Å². The number of aryl methyl sites for hydroxylation is 2. The van der Waals surface area contributed by atoms with Gasteiger partial charge in [-0.2, -0.15) is 0 Å². The van der Waals surface area contributed by atoms with Gasteiger partial charge in [0.2, 0.25) is 0 Å². The van der Waals surface area contributed by atoms with Crippen molar-refractivity contribution in [3.05, 3.63) is 46.7 Å². The van der Waals surface area contributed by atoms with Gasteiger partial charge in [0.15, 0.2) is 6.61 Å². The molecule has 0 bridgehead atoms. The van der Waals surface area contributed by atoms with Gasteiger partial charge in [-0.15, -0.1) is 0 Å². The molecule has 116 valence electrons. The lowest BCUT2D eigenvalue weighted by molar-refractivity contribution is -0.139. The summed E-state index contributed by atoms with van der Waals surface area (Å²) >= 11 is 5.86. The number of carbonyl (C=O) groups excluding carboxylic acids is 1. The van der Waals surface area contributed by atoms with Crippen LogP contribution in [0.2, 0.25) is 5.02 Å². The van der Waals surface area contributed by atoms with Crippen molar-refractivity contribution in [1.29, 1.82) is 0 Å². The van der Waals surface area contributed by atoms with E-state index in [0.717, 1.165) is 5.56 Å². The van der Waals surface area contributed by atoms with Crippen molar-refractivity contribution in [3.63, 3.8) is 0 Å². The predicted octanol–water partition coefficient (Wildman–Crippen LogP) is 2.70. The van der Waals surface area contributed by atoms with Crippen LogP contribution in [0.3, 0.4) is 0 Å². The van der Waals surface area contributed by atoms with Gasteiger partial charge in [-0.3, -0.25) is 4.79 Å². The molecule has 0 spiro atoms. The maximum absolute atomic E-state index is 12.2. The Hall–Kier alpha value is -2.47. The zero-order valence-corrected chi connectivity index (χ0v) is 12.8. The van der Waals surface area contributed by atoms with Crippen LogP contribution < -0.4 is 10.1 Å². The molecule has 2 rings (SSSR count). The van der Waals surface area contributed by atoms with E-state index in [1.165, 1.54) is 0 Å². The number of anilines is 1. The SMILES string of the molecule is Cc1cc(OCC(=O)O)ccc1NC(=O)c1cc(Cl)cn1C. The van der Waals surface area contributed by atoms with Gasteiger partial charge < -0.3 is 19.7 Å². The summed E-state index contributed by atoms with van der Waals surface area (Å²) < 4.78 is 6.72. The molecule has 2 N–H and O–H groups in total. The largest absolute Gasteiger partial charge is 0.482 e. The molecule has 0 aliphatic rings. The summed E-state index contributed by atoms with van der Waals surface area (Å²) in [6, 6.07) is 6.51. The van der Waals surface area contributed by atoms with E-state index in [0.29, 0.717) is 22.2 Å². The monoisotopic (exact) mass is 322 g/mol. The summed E-state index contributed by atoms with van der Waals surface area (Å²) in [5, 5.41) is 11.8. The number of carboxylic acids is 1. The minimum Gasteiger partial charge on any atom is -0.482 e. The molecule has 0 aliphatic carbocycles. The Kier molecular flexibility index (Phi) is 4.72. The summed E-state index contributed by atoms with van der Waals surface area (Å²) in [6.45, 7) is 1.38. The number of aromatic nitrogens is 1. The Balaban J connectivity index is 2.11. The van der Waals surface area contributed by atoms with E-state index in [1.807, 2.05) is 0 Å². The molecule has 7 heteroatoms. The molecule has 0 aliphatic heterocycles. The Bertz CT molecular complexity index is 724. The molecule has 1 amide bonds. The average molecular weight is 323 g/mol. The number of hydrogen-bond donors (Lipinski definition) is 2. The number of aliphatic carboxylic acids is 1. The van der Waals surface area contributed by atoms with E-state index in [4.69, 9.17) is 21.4 Å². The van der Waals surface area contributed by atoms with Crippen LogP contribution in [0.15, 0.2) is 30.5 Å². The summed E-state index contributed by atoms with van der Waals surface area (Å²) in [5.74, 6) is -0.896. The van der Waals surface area contributed by atoms with Crippen LogP contribution in [0.1, 0.15) is 16.1 Å². The molecule has 0 radical (unpaired) electrons. The molecule has 0 unspecified atom stereocenters. The summed E-state index contributed by atoms with van der Waals surface area (Å²) in [5.41, 5.74) is 1.82. The second-order valence-corrected chi connectivity index (χ2v) is 5.20. The van der Waals surface area contributed by atoms with E-state index in [-0.39, 0.29) is 5.91 Å². The number of carbonyl (C=O) groups is 2. The second kappa shape index (κ2) is 6.53. The van der Waals surface area contributed by atoms with Crippen molar-refractivity contribution in [2.24, 2.45) is 7.05 Å². The molecular formula is C15H15ClN2O4. The van der Waals surface area contributed by atoms with E-state index in [2.05, 4.69) is 5.32 Å². The highest BCUT2D eigenvalue weighted by Gasteiger charge is 2.13. The fourth-order valence-electron chi connectivity index (χ4n) is 1.95. The van der Waals surface area contributed by atoms with Crippen LogP contribution >= 0.6 is 11.6 Å². The van der Waals surface area contributed by atoms with Crippen molar-refractivity contribution in [1.82, 2.24) is 4.57 Å². The van der Waals surface area contributed by atoms with Crippen LogP contribution in [0.4, 0.5) is 5.69 Å². The summed E-state index contributed by atoms with van der Waals surface area (Å²) in [6.07, 6.45) is 1.65. The first-order chi connectivity index (χ1) is 10.4. The zero-order valence-electron chi connectivity index (χ0n) is 12.1. The van der Waals surface area contributed by atoms with E-state index >= 15 is 0 Å². The second-order valence-electron chi connectivity index (χ2n) is 4.77. The number of benzene rings is 1. The topological polar surface area (TPSA) is 80.6 Å². The Morgan fingerprint density at radius 2 is 2.09 bits per heavy atom. The number of hydrogen-bond acceptors (Lipinski definition) is 3. The van der Waals surface area contributed by atoms with Gasteiger partial charge in [0.25, 0.3) is 5.91 Å². The Labute approximate surface area is 132 Å². The normalized spacial score (nSPS) is 10.3. The van der Waals surface area contributed by atoms with Crippen molar-refractivity contribution < 1.29 is 19.4 Å². The minimum atomic E-state index is -1.05. The van der Waals surface area contributed by atoms with Crippen LogP contribution in [0.5, 0.6) is 5.75 Å². The lowest BCUT2D eigenvalue weighted by atomic mass is 10.2. The van der Waals surface area contributed by atoms with Gasteiger partial charge >= 0.3 is 5.97 Å². The van der Waals surface area contributed by atoms with E-state index < -0.39 is 12.6 Å². The number of ether oxygens (including phenoxy) is 1. The fourth-order valence-corrected chi connectivity index (χ4v) is 2.20. The van der Waals surface area contributed by atoms with Gasteiger partial charge in [0, 0.05) is 18.9 Å². The van der Waals surface area contributed by atoms with Crippen LogP contribution in [-0.4, -0.2) is 28.2 Å². The lowest BCUT2D eigenvalue weighted by Crippen LogP contribution is -2.16. The van der Waals surface area contributed by atoms with Crippen molar-refractivity contribution >= 4 is 29.2 Å². The molecule has 1 aromatic heterocycles. The quantitative estimate of drug-likeness (QED) is 0.887. The molecule has 1 heterocycles. The van der Waals surface area contributed by atoms with Gasteiger partial charge in [0.05, 0.1) is 5.02 Å². The Morgan fingerprint density at radius 1 is 1.36 bits per heavy atom. The van der Waals surface area contributed by atoms with Crippen LogP contribution in [-0.2, 0) is 11.8 Å².